The fraction of sp³-hybridized carbons (Fsp3) is 0.286. The highest BCUT2D eigenvalue weighted by Gasteiger charge is 2.50. The number of benzene rings is 2. The van der Waals surface area contributed by atoms with Gasteiger partial charge < -0.3 is 4.74 Å². The van der Waals surface area contributed by atoms with Crippen LogP contribution in [0.2, 0.25) is 0 Å². The van der Waals surface area contributed by atoms with Gasteiger partial charge >= 0.3 is 5.97 Å². The fourth-order valence-electron chi connectivity index (χ4n) is 4.07. The first-order valence-corrected chi connectivity index (χ1v) is 11.3. The van der Waals surface area contributed by atoms with Crippen LogP contribution in [0, 0.1) is 23.6 Å². The van der Waals surface area contributed by atoms with Gasteiger partial charge in [-0.1, -0.05) is 42.2 Å². The summed E-state index contributed by atoms with van der Waals surface area (Å²) in [6, 6.07) is 14.5. The smallest absolute Gasteiger partial charge is 0.318 e. The molecule has 2 atom stereocenters. The molecule has 0 spiro atoms. The van der Waals surface area contributed by atoms with Crippen molar-refractivity contribution in [2.75, 3.05) is 7.05 Å². The minimum atomic E-state index is -1.03. The van der Waals surface area contributed by atoms with E-state index in [1.165, 1.54) is 12.1 Å². The van der Waals surface area contributed by atoms with Crippen LogP contribution >= 0.6 is 0 Å². The molecule has 1 fully saturated rings. The molecule has 1 aromatic heterocycles. The van der Waals surface area contributed by atoms with Crippen molar-refractivity contribution < 1.29 is 18.7 Å². The molecule has 1 aliphatic rings. The third kappa shape index (κ3) is 5.61. The molecule has 2 unspecified atom stereocenters. The topological polar surface area (TPSA) is 72.4 Å². The number of esters is 1. The summed E-state index contributed by atoms with van der Waals surface area (Å²) in [4.78, 5) is 37.1. The van der Waals surface area contributed by atoms with E-state index >= 15 is 0 Å². The second-order valence-electron chi connectivity index (χ2n) is 9.17. The normalized spacial score (nSPS) is 19.5. The Morgan fingerprint density at radius 2 is 1.69 bits per heavy atom. The predicted molar refractivity (Wildman–Crippen MR) is 128 cm³/mol. The van der Waals surface area contributed by atoms with Gasteiger partial charge in [0.2, 0.25) is 0 Å². The van der Waals surface area contributed by atoms with Crippen LogP contribution in [0.15, 0.2) is 67.0 Å². The molecular formula is C28H26FN3O3. The number of ketones is 1. The Balaban J connectivity index is 1.57. The SMILES string of the molecule is CN1C(c2ncc(C#Cc3ccc(F)cc3)cn2)C(C(=O)OCc2ccccc2)C(=O)CC1(C)C. The number of rotatable bonds is 4. The maximum Gasteiger partial charge on any atom is 0.318 e. The van der Waals surface area contributed by atoms with E-state index < -0.39 is 23.5 Å². The van der Waals surface area contributed by atoms with Gasteiger partial charge in [-0.25, -0.2) is 14.4 Å². The molecule has 0 bridgehead atoms. The average molecular weight is 472 g/mol. The highest BCUT2D eigenvalue weighted by Crippen LogP contribution is 2.40. The van der Waals surface area contributed by atoms with E-state index in [0.717, 1.165) is 5.56 Å². The first-order valence-electron chi connectivity index (χ1n) is 11.3. The van der Waals surface area contributed by atoms with Gasteiger partial charge in [0.15, 0.2) is 5.78 Å². The molecule has 0 radical (unpaired) electrons. The van der Waals surface area contributed by atoms with Crippen LogP contribution in [0.3, 0.4) is 0 Å². The molecule has 0 aliphatic carbocycles. The summed E-state index contributed by atoms with van der Waals surface area (Å²) in [5.41, 5.74) is 1.58. The maximum absolute atomic E-state index is 13.1. The van der Waals surface area contributed by atoms with Crippen LogP contribution in [-0.2, 0) is 20.9 Å². The molecule has 35 heavy (non-hydrogen) atoms. The summed E-state index contributed by atoms with van der Waals surface area (Å²) in [7, 11) is 1.86. The first kappa shape index (κ1) is 24.2. The van der Waals surface area contributed by atoms with Crippen LogP contribution < -0.4 is 0 Å². The van der Waals surface area contributed by atoms with Gasteiger partial charge in [0.1, 0.15) is 24.2 Å². The summed E-state index contributed by atoms with van der Waals surface area (Å²) < 4.78 is 18.6. The van der Waals surface area contributed by atoms with Gasteiger partial charge in [-0.3, -0.25) is 14.5 Å². The Morgan fingerprint density at radius 3 is 2.34 bits per heavy atom. The van der Waals surface area contributed by atoms with Crippen LogP contribution in [0.25, 0.3) is 0 Å². The van der Waals surface area contributed by atoms with Crippen molar-refractivity contribution in [2.45, 2.75) is 38.5 Å². The molecule has 7 heteroatoms. The second-order valence-corrected chi connectivity index (χ2v) is 9.17. The first-order chi connectivity index (χ1) is 16.7. The summed E-state index contributed by atoms with van der Waals surface area (Å²) >= 11 is 0. The highest BCUT2D eigenvalue weighted by atomic mass is 19.1. The Labute approximate surface area is 204 Å². The van der Waals surface area contributed by atoms with E-state index in [1.807, 2.05) is 56.1 Å². The number of piperidine rings is 1. The molecule has 2 aromatic carbocycles. The Morgan fingerprint density at radius 1 is 1.06 bits per heavy atom. The summed E-state index contributed by atoms with van der Waals surface area (Å²) in [6.45, 7) is 3.99. The minimum absolute atomic E-state index is 0.0854. The lowest BCUT2D eigenvalue weighted by Crippen LogP contribution is -2.56. The molecular weight excluding hydrogens is 445 g/mol. The fourth-order valence-corrected chi connectivity index (χ4v) is 4.07. The number of ether oxygens (including phenoxy) is 1. The van der Waals surface area contributed by atoms with Crippen molar-refractivity contribution in [2.24, 2.45) is 5.92 Å². The molecule has 6 nitrogen and oxygen atoms in total. The summed E-state index contributed by atoms with van der Waals surface area (Å²) in [6.07, 6.45) is 3.34. The number of hydrogen-bond donors (Lipinski definition) is 0. The molecule has 3 aromatic rings. The lowest BCUT2D eigenvalue weighted by Gasteiger charge is -2.46. The molecule has 2 heterocycles. The standard InChI is InChI=1S/C28H26FN3O3/c1-28(2)15-23(33)24(27(34)35-18-20-7-5-4-6-8-20)25(32(28)3)26-30-16-21(17-31-26)10-9-19-11-13-22(29)14-12-19/h4-8,11-14,16-17,24-25H,15,18H2,1-3H3. The number of halogens is 1. The number of carbonyl (C=O) groups is 2. The van der Waals surface area contributed by atoms with Crippen molar-refractivity contribution in [3.05, 3.63) is 95.3 Å². The second kappa shape index (κ2) is 10.2. The highest BCUT2D eigenvalue weighted by molar-refractivity contribution is 6.01. The number of carbonyl (C=O) groups excluding carboxylic acids is 2. The van der Waals surface area contributed by atoms with Gasteiger partial charge in [-0.2, -0.15) is 0 Å². The van der Waals surface area contributed by atoms with Crippen LogP contribution in [0.5, 0.6) is 0 Å². The van der Waals surface area contributed by atoms with Gasteiger partial charge in [0.05, 0.1) is 11.6 Å². The largest absolute Gasteiger partial charge is 0.460 e. The maximum atomic E-state index is 13.1. The zero-order chi connectivity index (χ0) is 25.0. The zero-order valence-electron chi connectivity index (χ0n) is 19.9. The van der Waals surface area contributed by atoms with Gasteiger partial charge in [0.25, 0.3) is 0 Å². The molecule has 0 amide bonds. The predicted octanol–water partition coefficient (Wildman–Crippen LogP) is 4.10. The number of Topliss-reactive ketones (excluding diaryl/α,β-unsaturated/α-hetero) is 1. The van der Waals surface area contributed by atoms with E-state index in [1.54, 1.807) is 24.5 Å². The van der Waals surface area contributed by atoms with Crippen molar-refractivity contribution in [3.8, 4) is 11.8 Å². The number of hydrogen-bond acceptors (Lipinski definition) is 6. The van der Waals surface area contributed by atoms with E-state index in [-0.39, 0.29) is 24.6 Å². The molecule has 0 N–H and O–H groups in total. The molecule has 1 saturated heterocycles. The average Bonchev–Trinajstić information content (AvgIpc) is 2.85. The molecule has 178 valence electrons. The van der Waals surface area contributed by atoms with Gasteiger partial charge in [-0.15, -0.1) is 0 Å². The minimum Gasteiger partial charge on any atom is -0.460 e. The van der Waals surface area contributed by atoms with Crippen molar-refractivity contribution in [3.63, 3.8) is 0 Å². The summed E-state index contributed by atoms with van der Waals surface area (Å²) in [5, 5.41) is 0. The molecule has 1 aliphatic heterocycles. The van der Waals surface area contributed by atoms with E-state index in [9.17, 15) is 14.0 Å². The lowest BCUT2D eigenvalue weighted by molar-refractivity contribution is -0.162. The van der Waals surface area contributed by atoms with Crippen LogP contribution in [-0.4, -0.2) is 39.2 Å². The van der Waals surface area contributed by atoms with Crippen molar-refractivity contribution in [1.29, 1.82) is 0 Å². The van der Waals surface area contributed by atoms with Gasteiger partial charge in [0, 0.05) is 29.9 Å². The molecule has 0 saturated carbocycles. The van der Waals surface area contributed by atoms with Crippen molar-refractivity contribution in [1.82, 2.24) is 14.9 Å². The van der Waals surface area contributed by atoms with Crippen LogP contribution in [0.4, 0.5) is 4.39 Å². The van der Waals surface area contributed by atoms with E-state index in [0.29, 0.717) is 17.0 Å². The quantitative estimate of drug-likeness (QED) is 0.324. The third-order valence-corrected chi connectivity index (χ3v) is 6.25. The summed E-state index contributed by atoms with van der Waals surface area (Å²) in [5.74, 6) is 4.10. The Hall–Kier alpha value is -3.89. The number of likely N-dealkylation sites (tertiary alicyclic amines) is 1. The number of nitrogens with zero attached hydrogens (tertiary/aromatic N) is 3. The monoisotopic (exact) mass is 471 g/mol. The zero-order valence-corrected chi connectivity index (χ0v) is 19.9. The van der Waals surface area contributed by atoms with E-state index in [4.69, 9.17) is 4.74 Å². The lowest BCUT2D eigenvalue weighted by atomic mass is 9.78. The van der Waals surface area contributed by atoms with Gasteiger partial charge in [-0.05, 0) is 50.7 Å². The van der Waals surface area contributed by atoms with Crippen LogP contribution in [0.1, 0.15) is 48.8 Å². The number of aromatic nitrogens is 2. The Kier molecular flexibility index (Phi) is 7.04. The molecule has 4 rings (SSSR count). The van der Waals surface area contributed by atoms with E-state index in [2.05, 4.69) is 21.8 Å². The third-order valence-electron chi connectivity index (χ3n) is 6.25. The van der Waals surface area contributed by atoms with Crippen molar-refractivity contribution >= 4 is 11.8 Å². The Bertz CT molecular complexity index is 1260.